The molecule has 0 unspecified atom stereocenters. The van der Waals surface area contributed by atoms with Gasteiger partial charge in [0.05, 0.1) is 0 Å². The van der Waals surface area contributed by atoms with Gasteiger partial charge in [0.1, 0.15) is 11.3 Å². The Balaban J connectivity index is 1.90. The van der Waals surface area contributed by atoms with E-state index < -0.39 is 0 Å². The smallest absolute Gasteiger partial charge is 0.160 e. The van der Waals surface area contributed by atoms with E-state index in [4.69, 9.17) is 4.98 Å². The van der Waals surface area contributed by atoms with Gasteiger partial charge in [0.15, 0.2) is 5.65 Å². The third kappa shape index (κ3) is 2.82. The average Bonchev–Trinajstić information content (AvgIpc) is 2.85. The maximum Gasteiger partial charge on any atom is 0.160 e. The maximum absolute atomic E-state index is 4.82. The van der Waals surface area contributed by atoms with Crippen molar-refractivity contribution in [2.45, 2.75) is 58.5 Å². The SMILES string of the molecule is CCCc1nc2cccnc2n1C1CCN(C(C)C)CC1. The van der Waals surface area contributed by atoms with Crippen LogP contribution in [-0.4, -0.2) is 38.6 Å². The molecule has 0 spiro atoms. The van der Waals surface area contributed by atoms with Crippen molar-refractivity contribution in [2.24, 2.45) is 0 Å². The molecule has 1 aliphatic rings. The van der Waals surface area contributed by atoms with Crippen LogP contribution >= 0.6 is 0 Å². The van der Waals surface area contributed by atoms with Gasteiger partial charge >= 0.3 is 0 Å². The Kier molecular flexibility index (Phi) is 4.24. The van der Waals surface area contributed by atoms with Crippen molar-refractivity contribution in [2.75, 3.05) is 13.1 Å². The van der Waals surface area contributed by atoms with Gasteiger partial charge < -0.3 is 9.47 Å². The van der Waals surface area contributed by atoms with Crippen molar-refractivity contribution in [3.8, 4) is 0 Å². The maximum atomic E-state index is 4.82. The van der Waals surface area contributed by atoms with Crippen LogP contribution in [0.1, 0.15) is 51.9 Å². The number of aromatic nitrogens is 3. The van der Waals surface area contributed by atoms with Gasteiger partial charge in [0, 0.05) is 37.8 Å². The Morgan fingerprint density at radius 1 is 1.29 bits per heavy atom. The van der Waals surface area contributed by atoms with Gasteiger partial charge in [-0.15, -0.1) is 0 Å². The molecular weight excluding hydrogens is 260 g/mol. The zero-order valence-electron chi connectivity index (χ0n) is 13.4. The Morgan fingerprint density at radius 3 is 2.71 bits per heavy atom. The van der Waals surface area contributed by atoms with Crippen LogP contribution in [-0.2, 0) is 6.42 Å². The first-order chi connectivity index (χ1) is 10.2. The van der Waals surface area contributed by atoms with E-state index in [-0.39, 0.29) is 0 Å². The summed E-state index contributed by atoms with van der Waals surface area (Å²) in [5.74, 6) is 1.22. The van der Waals surface area contributed by atoms with Crippen molar-refractivity contribution >= 4 is 11.2 Å². The van der Waals surface area contributed by atoms with Crippen LogP contribution in [0.5, 0.6) is 0 Å². The van der Waals surface area contributed by atoms with Gasteiger partial charge in [-0.3, -0.25) is 0 Å². The van der Waals surface area contributed by atoms with E-state index in [1.807, 2.05) is 12.3 Å². The van der Waals surface area contributed by atoms with E-state index in [1.165, 1.54) is 31.8 Å². The molecule has 1 fully saturated rings. The lowest BCUT2D eigenvalue weighted by atomic mass is 10.0. The molecule has 0 radical (unpaired) electrons. The largest absolute Gasteiger partial charge is 0.309 e. The van der Waals surface area contributed by atoms with Crippen molar-refractivity contribution < 1.29 is 0 Å². The lowest BCUT2D eigenvalue weighted by Gasteiger charge is -2.35. The summed E-state index contributed by atoms with van der Waals surface area (Å²) in [5, 5.41) is 0. The van der Waals surface area contributed by atoms with Crippen molar-refractivity contribution in [3.63, 3.8) is 0 Å². The van der Waals surface area contributed by atoms with E-state index in [2.05, 4.69) is 41.3 Å². The molecule has 0 aromatic carbocycles. The van der Waals surface area contributed by atoms with E-state index in [0.29, 0.717) is 12.1 Å². The summed E-state index contributed by atoms with van der Waals surface area (Å²) in [5.41, 5.74) is 2.12. The predicted molar refractivity (Wildman–Crippen MR) is 86.5 cm³/mol. The summed E-state index contributed by atoms with van der Waals surface area (Å²) in [6.07, 6.45) is 6.47. The number of hydrogen-bond acceptors (Lipinski definition) is 3. The third-order valence-electron chi connectivity index (χ3n) is 4.59. The molecule has 4 nitrogen and oxygen atoms in total. The van der Waals surface area contributed by atoms with E-state index in [1.54, 1.807) is 0 Å². The number of pyridine rings is 1. The number of rotatable bonds is 4. The molecule has 3 heterocycles. The second-order valence-corrected chi connectivity index (χ2v) is 6.36. The number of aryl methyl sites for hydroxylation is 1. The van der Waals surface area contributed by atoms with Gasteiger partial charge in [0.25, 0.3) is 0 Å². The highest BCUT2D eigenvalue weighted by atomic mass is 15.2. The number of likely N-dealkylation sites (tertiary alicyclic amines) is 1. The molecule has 0 N–H and O–H groups in total. The van der Waals surface area contributed by atoms with Gasteiger partial charge in [-0.05, 0) is 45.2 Å². The molecule has 0 saturated carbocycles. The molecular formula is C17H26N4. The predicted octanol–water partition coefficient (Wildman–Crippen LogP) is 3.43. The van der Waals surface area contributed by atoms with E-state index >= 15 is 0 Å². The fourth-order valence-electron chi connectivity index (χ4n) is 3.42. The van der Waals surface area contributed by atoms with Gasteiger partial charge in [-0.2, -0.15) is 0 Å². The molecule has 114 valence electrons. The molecule has 21 heavy (non-hydrogen) atoms. The summed E-state index contributed by atoms with van der Waals surface area (Å²) < 4.78 is 2.43. The second-order valence-electron chi connectivity index (χ2n) is 6.36. The Labute approximate surface area is 127 Å². The van der Waals surface area contributed by atoms with Crippen molar-refractivity contribution in [1.29, 1.82) is 0 Å². The minimum atomic E-state index is 0.557. The molecule has 1 aliphatic heterocycles. The topological polar surface area (TPSA) is 34.0 Å². The lowest BCUT2D eigenvalue weighted by molar-refractivity contribution is 0.152. The zero-order valence-corrected chi connectivity index (χ0v) is 13.4. The van der Waals surface area contributed by atoms with Crippen LogP contribution in [0, 0.1) is 0 Å². The summed E-state index contributed by atoms with van der Waals surface area (Å²) in [7, 11) is 0. The molecule has 4 heteroatoms. The van der Waals surface area contributed by atoms with Crippen LogP contribution in [0.25, 0.3) is 11.2 Å². The first kappa shape index (κ1) is 14.5. The van der Waals surface area contributed by atoms with E-state index in [9.17, 15) is 0 Å². The Bertz CT molecular complexity index is 594. The van der Waals surface area contributed by atoms with E-state index in [0.717, 1.165) is 24.0 Å². The van der Waals surface area contributed by atoms with Gasteiger partial charge in [-0.1, -0.05) is 6.92 Å². The number of piperidine rings is 1. The van der Waals surface area contributed by atoms with Gasteiger partial charge in [-0.25, -0.2) is 9.97 Å². The molecule has 1 saturated heterocycles. The van der Waals surface area contributed by atoms with Gasteiger partial charge in [0.2, 0.25) is 0 Å². The number of hydrogen-bond donors (Lipinski definition) is 0. The first-order valence-electron chi connectivity index (χ1n) is 8.26. The van der Waals surface area contributed by atoms with Crippen molar-refractivity contribution in [1.82, 2.24) is 19.4 Å². The van der Waals surface area contributed by atoms with Crippen LogP contribution in [0.15, 0.2) is 18.3 Å². The highest BCUT2D eigenvalue weighted by Crippen LogP contribution is 2.29. The quantitative estimate of drug-likeness (QED) is 0.863. The number of fused-ring (bicyclic) bond motifs is 1. The van der Waals surface area contributed by atoms with Crippen LogP contribution < -0.4 is 0 Å². The summed E-state index contributed by atoms with van der Waals surface area (Å²) in [6, 6.07) is 5.28. The fourth-order valence-corrected chi connectivity index (χ4v) is 3.42. The normalized spacial score (nSPS) is 17.9. The summed E-state index contributed by atoms with van der Waals surface area (Å²) >= 11 is 0. The lowest BCUT2D eigenvalue weighted by Crippen LogP contribution is -2.39. The highest BCUT2D eigenvalue weighted by Gasteiger charge is 2.25. The molecule has 2 aromatic rings. The first-order valence-corrected chi connectivity index (χ1v) is 8.26. The summed E-state index contributed by atoms with van der Waals surface area (Å²) in [4.78, 5) is 12.0. The summed E-state index contributed by atoms with van der Waals surface area (Å²) in [6.45, 7) is 9.16. The highest BCUT2D eigenvalue weighted by molar-refractivity contribution is 5.71. The van der Waals surface area contributed by atoms with Crippen LogP contribution in [0.2, 0.25) is 0 Å². The van der Waals surface area contributed by atoms with Crippen molar-refractivity contribution in [3.05, 3.63) is 24.2 Å². The standard InChI is InChI=1S/C17H26N4/c1-4-6-16-19-15-7-5-10-18-17(15)21(16)14-8-11-20(12-9-14)13(2)3/h5,7,10,13-14H,4,6,8-9,11-12H2,1-3H3. The number of nitrogens with zero attached hydrogens (tertiary/aromatic N) is 4. The molecule has 0 amide bonds. The Morgan fingerprint density at radius 2 is 2.05 bits per heavy atom. The van der Waals surface area contributed by atoms with Crippen LogP contribution in [0.4, 0.5) is 0 Å². The third-order valence-corrected chi connectivity index (χ3v) is 4.59. The van der Waals surface area contributed by atoms with Crippen LogP contribution in [0.3, 0.4) is 0 Å². The molecule has 0 atom stereocenters. The average molecular weight is 286 g/mol. The molecule has 0 bridgehead atoms. The minimum absolute atomic E-state index is 0.557. The fraction of sp³-hybridized carbons (Fsp3) is 0.647. The molecule has 3 rings (SSSR count). The molecule has 2 aromatic heterocycles. The monoisotopic (exact) mass is 286 g/mol. The Hall–Kier alpha value is -1.42. The number of imidazole rings is 1. The minimum Gasteiger partial charge on any atom is -0.309 e. The second kappa shape index (κ2) is 6.14. The molecule has 0 aliphatic carbocycles. The zero-order chi connectivity index (χ0) is 14.8.